The number of halogens is 2. The Kier molecular flexibility index (Phi) is 4.56. The van der Waals surface area contributed by atoms with Crippen LogP contribution in [0.3, 0.4) is 0 Å². The molecule has 1 aliphatic carbocycles. The monoisotopic (exact) mass is 418 g/mol. The van der Waals surface area contributed by atoms with E-state index in [2.05, 4.69) is 44.1 Å². The summed E-state index contributed by atoms with van der Waals surface area (Å²) in [5, 5.41) is 2.95. The summed E-state index contributed by atoms with van der Waals surface area (Å²) in [4.78, 5) is 12.9. The molecule has 3 N–H and O–H groups in total. The summed E-state index contributed by atoms with van der Waals surface area (Å²) < 4.78 is 1.67. The number of benzene rings is 1. The van der Waals surface area contributed by atoms with Crippen LogP contribution in [0.4, 0.5) is 5.69 Å². The quantitative estimate of drug-likeness (QED) is 0.723. The molecular weight excluding hydrogens is 404 g/mol. The van der Waals surface area contributed by atoms with Gasteiger partial charge < -0.3 is 11.1 Å². The Morgan fingerprint density at radius 3 is 2.30 bits per heavy atom. The summed E-state index contributed by atoms with van der Waals surface area (Å²) in [7, 11) is 0. The van der Waals surface area contributed by atoms with Gasteiger partial charge in [-0.1, -0.05) is 19.1 Å². The number of rotatable bonds is 3. The molecule has 0 heterocycles. The number of hydrogen-bond donors (Lipinski definition) is 2. The van der Waals surface area contributed by atoms with E-state index in [1.54, 1.807) is 0 Å². The van der Waals surface area contributed by atoms with Crippen molar-refractivity contribution in [2.24, 2.45) is 17.1 Å². The van der Waals surface area contributed by atoms with Crippen molar-refractivity contribution in [3.63, 3.8) is 0 Å². The first kappa shape index (κ1) is 15.9. The minimum absolute atomic E-state index is 0.117. The molecule has 1 amide bonds. The van der Waals surface area contributed by atoms with E-state index < -0.39 is 5.41 Å². The highest BCUT2D eigenvalue weighted by molar-refractivity contribution is 9.11. The van der Waals surface area contributed by atoms with Crippen LogP contribution in [-0.4, -0.2) is 10.9 Å². The van der Waals surface area contributed by atoms with E-state index >= 15 is 0 Å². The fourth-order valence-corrected chi connectivity index (χ4v) is 4.55. The molecule has 0 radical (unpaired) electrons. The first-order valence-corrected chi connectivity index (χ1v) is 8.32. The van der Waals surface area contributed by atoms with E-state index in [9.17, 15) is 4.79 Å². The molecular formula is C14H16Br2N2OS. The first-order chi connectivity index (χ1) is 9.26. The standard InChI is InChI=1S/C14H16Br2N2OS/c1-7-3-9(15)11(10(16)4-7)18-13(19)14(12(17)20)5-8(2)6-14/h3-4,8H,5-6H2,1-2H3,(H2,17,20)(H,18,19). The number of amides is 1. The van der Waals surface area contributed by atoms with Gasteiger partial charge in [-0.2, -0.15) is 0 Å². The second kappa shape index (κ2) is 5.73. The second-order valence-electron chi connectivity index (χ2n) is 5.52. The van der Waals surface area contributed by atoms with Crippen LogP contribution in [-0.2, 0) is 4.79 Å². The van der Waals surface area contributed by atoms with Crippen molar-refractivity contribution >= 4 is 60.7 Å². The third-order valence-corrected chi connectivity index (χ3v) is 5.37. The maximum absolute atomic E-state index is 12.6. The van der Waals surface area contributed by atoms with E-state index in [0.29, 0.717) is 5.92 Å². The first-order valence-electron chi connectivity index (χ1n) is 6.33. The zero-order valence-electron chi connectivity index (χ0n) is 11.3. The van der Waals surface area contributed by atoms with Gasteiger partial charge in [0, 0.05) is 8.95 Å². The van der Waals surface area contributed by atoms with E-state index in [4.69, 9.17) is 18.0 Å². The number of thiocarbonyl (C=S) groups is 1. The van der Waals surface area contributed by atoms with Crippen LogP contribution < -0.4 is 11.1 Å². The van der Waals surface area contributed by atoms with Crippen LogP contribution in [0.15, 0.2) is 21.1 Å². The van der Waals surface area contributed by atoms with Crippen LogP contribution in [0.5, 0.6) is 0 Å². The van der Waals surface area contributed by atoms with E-state index in [1.807, 2.05) is 19.1 Å². The van der Waals surface area contributed by atoms with E-state index in [-0.39, 0.29) is 10.9 Å². The maximum atomic E-state index is 12.6. The summed E-state index contributed by atoms with van der Waals surface area (Å²) in [6.45, 7) is 4.09. The lowest BCUT2D eigenvalue weighted by atomic mass is 9.62. The topological polar surface area (TPSA) is 55.1 Å². The van der Waals surface area contributed by atoms with Gasteiger partial charge in [-0.25, -0.2) is 0 Å². The van der Waals surface area contributed by atoms with Crippen LogP contribution in [0.1, 0.15) is 25.3 Å². The van der Waals surface area contributed by atoms with Crippen molar-refractivity contribution in [1.82, 2.24) is 0 Å². The Balaban J connectivity index is 2.26. The molecule has 0 bridgehead atoms. The third kappa shape index (κ3) is 2.78. The molecule has 1 saturated carbocycles. The summed E-state index contributed by atoms with van der Waals surface area (Å²) in [6, 6.07) is 3.91. The van der Waals surface area contributed by atoms with Gasteiger partial charge in [-0.15, -0.1) is 0 Å². The van der Waals surface area contributed by atoms with Crippen molar-refractivity contribution in [3.05, 3.63) is 26.6 Å². The largest absolute Gasteiger partial charge is 0.392 e. The van der Waals surface area contributed by atoms with Gasteiger partial charge in [0.2, 0.25) is 5.91 Å². The van der Waals surface area contributed by atoms with Gasteiger partial charge in [-0.05, 0) is 75.2 Å². The van der Waals surface area contributed by atoms with Crippen LogP contribution in [0.25, 0.3) is 0 Å². The van der Waals surface area contributed by atoms with Crippen LogP contribution in [0, 0.1) is 18.3 Å². The molecule has 6 heteroatoms. The van der Waals surface area contributed by atoms with Crippen LogP contribution >= 0.6 is 44.1 Å². The molecule has 1 fully saturated rings. The van der Waals surface area contributed by atoms with Gasteiger partial charge in [0.25, 0.3) is 0 Å². The van der Waals surface area contributed by atoms with Crippen LogP contribution in [0.2, 0.25) is 0 Å². The summed E-state index contributed by atoms with van der Waals surface area (Å²) in [5.74, 6) is 0.362. The Morgan fingerprint density at radius 1 is 1.40 bits per heavy atom. The lowest BCUT2D eigenvalue weighted by Gasteiger charge is -2.44. The van der Waals surface area contributed by atoms with E-state index in [1.165, 1.54) is 0 Å². The lowest BCUT2D eigenvalue weighted by Crippen LogP contribution is -2.53. The van der Waals surface area contributed by atoms with Crippen molar-refractivity contribution in [2.75, 3.05) is 5.32 Å². The summed E-state index contributed by atoms with van der Waals surface area (Å²) >= 11 is 12.1. The van der Waals surface area contributed by atoms with Crippen molar-refractivity contribution < 1.29 is 4.79 Å². The molecule has 0 aliphatic heterocycles. The highest BCUT2D eigenvalue weighted by Gasteiger charge is 2.51. The average molecular weight is 420 g/mol. The fourth-order valence-electron chi connectivity index (χ4n) is 2.68. The zero-order chi connectivity index (χ0) is 15.1. The smallest absolute Gasteiger partial charge is 0.237 e. The number of nitrogens with two attached hydrogens (primary N) is 1. The number of anilines is 1. The highest BCUT2D eigenvalue weighted by Crippen LogP contribution is 2.47. The normalized spacial score (nSPS) is 24.9. The fraction of sp³-hybridized carbons (Fsp3) is 0.429. The molecule has 2 rings (SSSR count). The molecule has 0 unspecified atom stereocenters. The van der Waals surface area contributed by atoms with Crippen molar-refractivity contribution in [2.45, 2.75) is 26.7 Å². The molecule has 0 spiro atoms. The molecule has 1 aromatic rings. The molecule has 0 saturated heterocycles. The highest BCUT2D eigenvalue weighted by atomic mass is 79.9. The van der Waals surface area contributed by atoms with Gasteiger partial charge >= 0.3 is 0 Å². The average Bonchev–Trinajstić information content (AvgIpc) is 2.28. The number of hydrogen-bond acceptors (Lipinski definition) is 2. The van der Waals surface area contributed by atoms with Gasteiger partial charge in [0.05, 0.1) is 16.1 Å². The molecule has 108 valence electrons. The number of nitrogens with one attached hydrogen (secondary N) is 1. The molecule has 20 heavy (non-hydrogen) atoms. The zero-order valence-corrected chi connectivity index (χ0v) is 15.3. The van der Waals surface area contributed by atoms with Gasteiger partial charge in [0.15, 0.2) is 0 Å². The predicted molar refractivity (Wildman–Crippen MR) is 92.8 cm³/mol. The molecule has 3 nitrogen and oxygen atoms in total. The second-order valence-corrected chi connectivity index (χ2v) is 7.67. The van der Waals surface area contributed by atoms with Gasteiger partial charge in [-0.3, -0.25) is 4.79 Å². The maximum Gasteiger partial charge on any atom is 0.237 e. The Morgan fingerprint density at radius 2 is 1.90 bits per heavy atom. The Labute approximate surface area is 140 Å². The van der Waals surface area contributed by atoms with E-state index in [0.717, 1.165) is 33.0 Å². The minimum atomic E-state index is -0.696. The summed E-state index contributed by atoms with van der Waals surface area (Å²) in [6.07, 6.45) is 1.44. The third-order valence-electron chi connectivity index (χ3n) is 3.73. The number of carbonyl (C=O) groups is 1. The Bertz CT molecular complexity index is 560. The molecule has 0 atom stereocenters. The van der Waals surface area contributed by atoms with Crippen molar-refractivity contribution in [1.29, 1.82) is 0 Å². The predicted octanol–water partition coefficient (Wildman–Crippen LogP) is 4.16. The number of aryl methyl sites for hydroxylation is 1. The number of carbonyl (C=O) groups excluding carboxylic acids is 1. The van der Waals surface area contributed by atoms with Gasteiger partial charge in [0.1, 0.15) is 0 Å². The van der Waals surface area contributed by atoms with Crippen molar-refractivity contribution in [3.8, 4) is 0 Å². The SMILES string of the molecule is Cc1cc(Br)c(NC(=O)C2(C(N)=S)CC(C)C2)c(Br)c1. The Hall–Kier alpha value is -0.460. The molecule has 1 aromatic carbocycles. The minimum Gasteiger partial charge on any atom is -0.392 e. The lowest BCUT2D eigenvalue weighted by molar-refractivity contribution is -0.127. The summed E-state index contributed by atoms with van der Waals surface area (Å²) in [5.41, 5.74) is 6.92. The molecule has 0 aromatic heterocycles. The molecule has 1 aliphatic rings.